The Balaban J connectivity index is 2.75. The number of amides is 1. The minimum Gasteiger partial charge on any atom is -0.479 e. The first kappa shape index (κ1) is 15.7. The second-order valence-corrected chi connectivity index (χ2v) is 5.62. The number of carbonyl (C=O) groups is 1. The number of methoxy groups -OCH3 is 1. The van der Waals surface area contributed by atoms with Crippen molar-refractivity contribution in [3.63, 3.8) is 0 Å². The Morgan fingerprint density at radius 3 is 2.68 bits per heavy atom. The van der Waals surface area contributed by atoms with Gasteiger partial charge < -0.3 is 14.8 Å². The van der Waals surface area contributed by atoms with Crippen LogP contribution in [-0.4, -0.2) is 23.8 Å². The Kier molecular flexibility index (Phi) is 5.11. The number of ether oxygens (including phenoxy) is 2. The van der Waals surface area contributed by atoms with Crippen LogP contribution in [0.4, 0.5) is 9.18 Å². The van der Waals surface area contributed by atoms with E-state index in [9.17, 15) is 9.18 Å². The first-order valence-corrected chi connectivity index (χ1v) is 6.37. The molecule has 0 aliphatic rings. The van der Waals surface area contributed by atoms with E-state index in [1.807, 2.05) is 0 Å². The molecular formula is C12H16BrFN2O3. The van der Waals surface area contributed by atoms with Gasteiger partial charge in [-0.15, -0.1) is 0 Å². The summed E-state index contributed by atoms with van der Waals surface area (Å²) in [4.78, 5) is 15.2. The molecule has 0 spiro atoms. The van der Waals surface area contributed by atoms with Crippen LogP contribution in [0.25, 0.3) is 0 Å². The first-order chi connectivity index (χ1) is 8.74. The van der Waals surface area contributed by atoms with Crippen molar-refractivity contribution in [2.75, 3.05) is 7.11 Å². The molecular weight excluding hydrogens is 319 g/mol. The van der Waals surface area contributed by atoms with Crippen molar-refractivity contribution in [3.8, 4) is 5.88 Å². The third-order valence-electron chi connectivity index (χ3n) is 2.04. The van der Waals surface area contributed by atoms with Gasteiger partial charge in [0.05, 0.1) is 13.7 Å². The zero-order valence-electron chi connectivity index (χ0n) is 11.2. The predicted molar refractivity (Wildman–Crippen MR) is 71.5 cm³/mol. The van der Waals surface area contributed by atoms with Gasteiger partial charge in [0.25, 0.3) is 5.88 Å². The lowest BCUT2D eigenvalue weighted by atomic mass is 10.2. The summed E-state index contributed by atoms with van der Waals surface area (Å²) in [6.45, 7) is 5.22. The Morgan fingerprint density at radius 2 is 2.16 bits per heavy atom. The Labute approximate surface area is 119 Å². The SMILES string of the molecule is COc1ncc(Br)c(CNC(=O)OC(C)(C)C)c1F. The number of carbonyl (C=O) groups excluding carboxylic acids is 1. The Hall–Kier alpha value is -1.37. The zero-order valence-corrected chi connectivity index (χ0v) is 12.8. The van der Waals surface area contributed by atoms with Crippen LogP contribution < -0.4 is 10.1 Å². The number of hydrogen-bond acceptors (Lipinski definition) is 4. The first-order valence-electron chi connectivity index (χ1n) is 5.58. The van der Waals surface area contributed by atoms with Crippen LogP contribution >= 0.6 is 15.9 Å². The van der Waals surface area contributed by atoms with Gasteiger partial charge in [-0.25, -0.2) is 14.2 Å². The average molecular weight is 335 g/mol. The summed E-state index contributed by atoms with van der Waals surface area (Å²) in [6, 6.07) is 0. The maximum absolute atomic E-state index is 13.9. The number of rotatable bonds is 3. The molecule has 0 radical (unpaired) electrons. The molecule has 0 aliphatic heterocycles. The van der Waals surface area contributed by atoms with Crippen molar-refractivity contribution >= 4 is 22.0 Å². The largest absolute Gasteiger partial charge is 0.479 e. The number of nitrogens with zero attached hydrogens (tertiary/aromatic N) is 1. The lowest BCUT2D eigenvalue weighted by Crippen LogP contribution is -2.32. The molecule has 1 heterocycles. The highest BCUT2D eigenvalue weighted by molar-refractivity contribution is 9.10. The predicted octanol–water partition coefficient (Wildman–Crippen LogP) is 3.02. The molecule has 1 aromatic rings. The summed E-state index contributed by atoms with van der Waals surface area (Å²) in [5.74, 6) is -0.739. The molecule has 0 bridgehead atoms. The summed E-state index contributed by atoms with van der Waals surface area (Å²) in [5, 5.41) is 2.47. The van der Waals surface area contributed by atoms with Gasteiger partial charge in [-0.2, -0.15) is 0 Å². The smallest absolute Gasteiger partial charge is 0.407 e. The molecule has 7 heteroatoms. The van der Waals surface area contributed by atoms with Gasteiger partial charge in [0.1, 0.15) is 5.60 Å². The molecule has 1 aromatic heterocycles. The average Bonchev–Trinajstić information content (AvgIpc) is 2.26. The van der Waals surface area contributed by atoms with Gasteiger partial charge in [-0.1, -0.05) is 0 Å². The molecule has 0 unspecified atom stereocenters. The van der Waals surface area contributed by atoms with Crippen molar-refractivity contribution in [2.45, 2.75) is 32.9 Å². The maximum atomic E-state index is 13.9. The second kappa shape index (κ2) is 6.18. The lowest BCUT2D eigenvalue weighted by Gasteiger charge is -2.20. The molecule has 106 valence electrons. The van der Waals surface area contributed by atoms with Gasteiger partial charge in [0.15, 0.2) is 5.82 Å². The quantitative estimate of drug-likeness (QED) is 0.922. The number of aromatic nitrogens is 1. The van der Waals surface area contributed by atoms with Crippen LogP contribution in [0.3, 0.4) is 0 Å². The summed E-state index contributed by atoms with van der Waals surface area (Å²) in [5.41, 5.74) is -0.354. The molecule has 0 aliphatic carbocycles. The zero-order chi connectivity index (χ0) is 14.6. The van der Waals surface area contributed by atoms with Gasteiger partial charge in [-0.05, 0) is 36.7 Å². The molecule has 0 aromatic carbocycles. The highest BCUT2D eigenvalue weighted by Gasteiger charge is 2.18. The summed E-state index contributed by atoms with van der Waals surface area (Å²) in [7, 11) is 1.32. The van der Waals surface area contributed by atoms with Crippen LogP contribution in [0.2, 0.25) is 0 Å². The number of alkyl carbamates (subject to hydrolysis) is 1. The minimum absolute atomic E-state index is 0.0276. The van der Waals surface area contributed by atoms with E-state index in [1.54, 1.807) is 20.8 Å². The van der Waals surface area contributed by atoms with E-state index in [0.717, 1.165) is 0 Å². The molecule has 1 amide bonds. The monoisotopic (exact) mass is 334 g/mol. The number of hydrogen-bond donors (Lipinski definition) is 1. The van der Waals surface area contributed by atoms with E-state index >= 15 is 0 Å². The molecule has 1 N–H and O–H groups in total. The Bertz CT molecular complexity index is 475. The topological polar surface area (TPSA) is 60.5 Å². The van der Waals surface area contributed by atoms with Gasteiger partial charge in [-0.3, -0.25) is 0 Å². The standard InChI is InChI=1S/C12H16BrFN2O3/c1-12(2,3)19-11(17)16-5-7-8(13)6-15-10(18-4)9(7)14/h6H,5H2,1-4H3,(H,16,17). The molecule has 1 rings (SSSR count). The van der Waals surface area contributed by atoms with Crippen molar-refractivity contribution in [3.05, 3.63) is 22.1 Å². The van der Waals surface area contributed by atoms with E-state index in [4.69, 9.17) is 9.47 Å². The van der Waals surface area contributed by atoms with E-state index in [-0.39, 0.29) is 18.0 Å². The number of pyridine rings is 1. The van der Waals surface area contributed by atoms with Gasteiger partial charge in [0.2, 0.25) is 0 Å². The third kappa shape index (κ3) is 4.66. The van der Waals surface area contributed by atoms with Crippen molar-refractivity contribution in [1.29, 1.82) is 0 Å². The minimum atomic E-state index is -0.618. The number of halogens is 2. The molecule has 0 saturated carbocycles. The van der Waals surface area contributed by atoms with Gasteiger partial charge >= 0.3 is 6.09 Å². The van der Waals surface area contributed by atoms with Crippen molar-refractivity contribution in [2.24, 2.45) is 0 Å². The van der Waals surface area contributed by atoms with Crippen LogP contribution in [0, 0.1) is 5.82 Å². The van der Waals surface area contributed by atoms with Gasteiger partial charge in [0, 0.05) is 16.2 Å². The van der Waals surface area contributed by atoms with E-state index in [0.29, 0.717) is 4.47 Å². The van der Waals surface area contributed by atoms with Crippen LogP contribution in [0.1, 0.15) is 26.3 Å². The second-order valence-electron chi connectivity index (χ2n) is 4.76. The lowest BCUT2D eigenvalue weighted by molar-refractivity contribution is 0.0523. The van der Waals surface area contributed by atoms with Crippen LogP contribution in [0.15, 0.2) is 10.7 Å². The summed E-state index contributed by atoms with van der Waals surface area (Å²) >= 11 is 3.17. The molecule has 0 atom stereocenters. The third-order valence-corrected chi connectivity index (χ3v) is 2.72. The van der Waals surface area contributed by atoms with E-state index < -0.39 is 17.5 Å². The highest BCUT2D eigenvalue weighted by Crippen LogP contribution is 2.24. The van der Waals surface area contributed by atoms with E-state index in [2.05, 4.69) is 26.2 Å². The molecule has 0 fully saturated rings. The fourth-order valence-corrected chi connectivity index (χ4v) is 1.68. The fraction of sp³-hybridized carbons (Fsp3) is 0.500. The highest BCUT2D eigenvalue weighted by atomic mass is 79.9. The van der Waals surface area contributed by atoms with Crippen molar-refractivity contribution in [1.82, 2.24) is 10.3 Å². The molecule has 0 saturated heterocycles. The normalized spacial score (nSPS) is 11.1. The summed E-state index contributed by atoms with van der Waals surface area (Å²) in [6.07, 6.45) is 0.795. The Morgan fingerprint density at radius 1 is 1.53 bits per heavy atom. The molecule has 5 nitrogen and oxygen atoms in total. The summed E-state index contributed by atoms with van der Waals surface area (Å²) < 4.78 is 24.2. The van der Waals surface area contributed by atoms with Crippen molar-refractivity contribution < 1.29 is 18.7 Å². The fourth-order valence-electron chi connectivity index (χ4n) is 1.26. The number of nitrogens with one attached hydrogen (secondary N) is 1. The molecule has 19 heavy (non-hydrogen) atoms. The maximum Gasteiger partial charge on any atom is 0.407 e. The van der Waals surface area contributed by atoms with E-state index in [1.165, 1.54) is 13.3 Å². The van der Waals surface area contributed by atoms with Crippen LogP contribution in [0.5, 0.6) is 5.88 Å². The van der Waals surface area contributed by atoms with Crippen LogP contribution in [-0.2, 0) is 11.3 Å².